The van der Waals surface area contributed by atoms with Crippen LogP contribution in [0.15, 0.2) is 0 Å². The third kappa shape index (κ3) is 21.7. The first-order chi connectivity index (χ1) is 1.41. The minimum Gasteiger partial charge on any atom is -0.429 e. The van der Waals surface area contributed by atoms with Crippen molar-refractivity contribution in [3.63, 3.8) is 0 Å². The lowest BCUT2D eigenvalue weighted by molar-refractivity contribution is 0.448. The predicted octanol–water partition coefficient (Wildman–Crippen LogP) is -2.68. The first kappa shape index (κ1) is 8.82. The largest absolute Gasteiger partial charge is 0.482 e. The minimum absolute atomic E-state index is 0. The molecule has 0 aliphatic carbocycles. The normalized spacial score (nSPS) is 3.50. The van der Waals surface area contributed by atoms with E-state index in [-0.39, 0.29) is 25.0 Å². The van der Waals surface area contributed by atoms with Crippen molar-refractivity contribution in [2.45, 2.75) is 0 Å². The van der Waals surface area contributed by atoms with Crippen LogP contribution >= 0.6 is 0 Å². The van der Waals surface area contributed by atoms with Crippen LogP contribution < -0.4 is 0 Å². The Bertz CT molecular complexity index is 6.00. The van der Waals surface area contributed by atoms with Crippen molar-refractivity contribution in [2.75, 3.05) is 0 Å². The summed E-state index contributed by atoms with van der Waals surface area (Å²) in [7, 11) is 0. The molecule has 0 fully saturated rings. The van der Waals surface area contributed by atoms with E-state index in [1.807, 2.05) is 0 Å². The average Bonchev–Trinajstić information content (AvgIpc) is 0.918. The summed E-state index contributed by atoms with van der Waals surface area (Å²) in [6, 6.07) is 0. The van der Waals surface area contributed by atoms with E-state index in [2.05, 4.69) is 0 Å². The van der Waals surface area contributed by atoms with Crippen LogP contribution in [0.5, 0.6) is 0 Å². The van der Waals surface area contributed by atoms with E-state index in [0.29, 0.717) is 0 Å². The van der Waals surface area contributed by atoms with Crippen molar-refractivity contribution < 1.29 is 10.0 Å². The SMILES string of the molecule is O[B]O.[AlH3]. The summed E-state index contributed by atoms with van der Waals surface area (Å²) < 4.78 is 0. The van der Waals surface area contributed by atoms with Crippen LogP contribution in [-0.2, 0) is 0 Å². The van der Waals surface area contributed by atoms with E-state index in [1.54, 1.807) is 0 Å². The molecule has 0 unspecified atom stereocenters. The van der Waals surface area contributed by atoms with E-state index in [4.69, 9.17) is 10.0 Å². The van der Waals surface area contributed by atoms with Crippen LogP contribution in [0.25, 0.3) is 0 Å². The van der Waals surface area contributed by atoms with Crippen molar-refractivity contribution in [3.05, 3.63) is 0 Å². The van der Waals surface area contributed by atoms with Gasteiger partial charge in [-0.1, -0.05) is 0 Å². The lowest BCUT2D eigenvalue weighted by Crippen LogP contribution is -1.75. The first-order valence-electron chi connectivity index (χ1n) is 0.516. The molecule has 23 valence electrons. The molecule has 0 aromatic rings. The van der Waals surface area contributed by atoms with Gasteiger partial charge in [-0.15, -0.1) is 0 Å². The number of hydrogen-bond acceptors (Lipinski definition) is 2. The summed E-state index contributed by atoms with van der Waals surface area (Å²) in [5.74, 6) is 0. The fourth-order valence-electron chi connectivity index (χ4n) is 0. The van der Waals surface area contributed by atoms with E-state index in [9.17, 15) is 0 Å². The van der Waals surface area contributed by atoms with Gasteiger partial charge in [0.2, 0.25) is 0 Å². The predicted molar refractivity (Wildman–Crippen MR) is 20.1 cm³/mol. The highest BCUT2D eigenvalue weighted by atomic mass is 27.0. The molecule has 0 aromatic carbocycles. The van der Waals surface area contributed by atoms with Crippen LogP contribution in [0.1, 0.15) is 0 Å². The lowest BCUT2D eigenvalue weighted by atomic mass is 10.5. The van der Waals surface area contributed by atoms with Crippen molar-refractivity contribution in [1.82, 2.24) is 0 Å². The summed E-state index contributed by atoms with van der Waals surface area (Å²) in [4.78, 5) is 0. The van der Waals surface area contributed by atoms with E-state index < -0.39 is 0 Å². The summed E-state index contributed by atoms with van der Waals surface area (Å²) in [5.41, 5.74) is 0. The van der Waals surface area contributed by atoms with E-state index >= 15 is 0 Å². The molecular weight excluding hydrogens is 69.8 g/mol. The maximum Gasteiger partial charge on any atom is 0.482 e. The summed E-state index contributed by atoms with van der Waals surface area (Å²) in [6.07, 6.45) is 0. The van der Waals surface area contributed by atoms with Gasteiger partial charge in [0.15, 0.2) is 17.4 Å². The van der Waals surface area contributed by atoms with Gasteiger partial charge in [-0.3, -0.25) is 0 Å². The van der Waals surface area contributed by atoms with Gasteiger partial charge in [0.25, 0.3) is 0 Å². The van der Waals surface area contributed by atoms with Crippen LogP contribution in [0.4, 0.5) is 0 Å². The Morgan fingerprint density at radius 1 is 1.25 bits per heavy atom. The summed E-state index contributed by atoms with van der Waals surface area (Å²) >= 11 is 0. The molecule has 0 bridgehead atoms. The molecule has 0 amide bonds. The molecule has 0 heterocycles. The first-order valence-corrected chi connectivity index (χ1v) is 0.516. The monoisotopic (exact) mass is 75.0 g/mol. The van der Waals surface area contributed by atoms with Crippen molar-refractivity contribution in [2.24, 2.45) is 0 Å². The van der Waals surface area contributed by atoms with Gasteiger partial charge in [-0.05, 0) is 0 Å². The molecule has 0 rings (SSSR count). The fourth-order valence-corrected chi connectivity index (χ4v) is 0. The van der Waals surface area contributed by atoms with Crippen molar-refractivity contribution in [1.29, 1.82) is 0 Å². The zero-order chi connectivity index (χ0) is 2.71. The summed E-state index contributed by atoms with van der Waals surface area (Å²) in [6.45, 7) is 0. The van der Waals surface area contributed by atoms with Gasteiger partial charge >= 0.3 is 7.69 Å². The molecule has 0 aliphatic rings. The Morgan fingerprint density at radius 2 is 1.25 bits per heavy atom. The van der Waals surface area contributed by atoms with Gasteiger partial charge < -0.3 is 10.0 Å². The molecule has 2 nitrogen and oxygen atoms in total. The Kier molecular flexibility index (Phi) is 21.3. The number of hydrogen-bond donors (Lipinski definition) is 2. The molecule has 4 heteroatoms. The molecule has 0 aliphatic heterocycles. The highest BCUT2D eigenvalue weighted by molar-refractivity contribution is 6.13. The zero-order valence-corrected chi connectivity index (χ0v) is 1.47. The smallest absolute Gasteiger partial charge is 0.429 e. The molecule has 4 heavy (non-hydrogen) atoms. The Balaban J connectivity index is 0. The average molecular weight is 74.8 g/mol. The highest BCUT2D eigenvalue weighted by Gasteiger charge is 1.51. The van der Waals surface area contributed by atoms with Gasteiger partial charge in [-0.2, -0.15) is 0 Å². The third-order valence-electron chi connectivity index (χ3n) is 0. The maximum absolute atomic E-state index is 7.00. The molecule has 0 saturated carbocycles. The van der Waals surface area contributed by atoms with Gasteiger partial charge in [0.1, 0.15) is 0 Å². The molecule has 2 N–H and O–H groups in total. The van der Waals surface area contributed by atoms with Crippen LogP contribution in [0, 0.1) is 0 Å². The second kappa shape index (κ2) is 9.68. The molecule has 0 atom stereocenters. The highest BCUT2D eigenvalue weighted by Crippen LogP contribution is 1.08. The third-order valence-corrected chi connectivity index (χ3v) is 0. The van der Waals surface area contributed by atoms with E-state index in [0.717, 1.165) is 0 Å². The Labute approximate surface area is 35.9 Å². The molecule has 0 aromatic heterocycles. The minimum atomic E-state index is 0. The zero-order valence-electron chi connectivity index (χ0n) is 1.47. The van der Waals surface area contributed by atoms with Crippen LogP contribution in [0.3, 0.4) is 0 Å². The van der Waals surface area contributed by atoms with Crippen molar-refractivity contribution >= 4 is 25.0 Å². The topological polar surface area (TPSA) is 40.5 Å². The standard InChI is InChI=1S/Al.BH2O2.3H/c;2-1-3;;;/h;2-3H;;;. The lowest BCUT2D eigenvalue weighted by Gasteiger charge is -1.46. The van der Waals surface area contributed by atoms with Crippen molar-refractivity contribution in [3.8, 4) is 0 Å². The Morgan fingerprint density at radius 3 is 1.25 bits per heavy atom. The van der Waals surface area contributed by atoms with Gasteiger partial charge in [-0.25, -0.2) is 0 Å². The molecule has 0 saturated heterocycles. The maximum atomic E-state index is 7.00. The quantitative estimate of drug-likeness (QED) is 0.308. The van der Waals surface area contributed by atoms with Crippen LogP contribution in [0.2, 0.25) is 0 Å². The summed E-state index contributed by atoms with van der Waals surface area (Å²) in [5, 5.41) is 14.0. The van der Waals surface area contributed by atoms with Crippen LogP contribution in [-0.4, -0.2) is 35.1 Å². The second-order valence-corrected chi connectivity index (χ2v) is 0.115. The molecule has 0 spiro atoms. The molecular formula is H5AlBO2. The fraction of sp³-hybridized carbons (Fsp3) is 0. The second-order valence-electron chi connectivity index (χ2n) is 0.115. The van der Waals surface area contributed by atoms with E-state index in [1.165, 1.54) is 0 Å². The molecule has 1 radical (unpaired) electrons. The van der Waals surface area contributed by atoms with Gasteiger partial charge in [0, 0.05) is 0 Å². The number of rotatable bonds is 0. The Hall–Kier alpha value is 0.517. The van der Waals surface area contributed by atoms with Gasteiger partial charge in [0.05, 0.1) is 0 Å².